The lowest BCUT2D eigenvalue weighted by atomic mass is 10.1. The van der Waals surface area contributed by atoms with Gasteiger partial charge in [-0.15, -0.1) is 0 Å². The Kier molecular flexibility index (Phi) is 4.66. The molecule has 19 heavy (non-hydrogen) atoms. The van der Waals surface area contributed by atoms with Crippen LogP contribution in [0.5, 0.6) is 0 Å². The van der Waals surface area contributed by atoms with Gasteiger partial charge in [0.2, 0.25) is 0 Å². The first-order valence-electron chi connectivity index (χ1n) is 5.99. The van der Waals surface area contributed by atoms with Crippen LogP contribution in [-0.2, 0) is 4.84 Å². The van der Waals surface area contributed by atoms with Crippen LogP contribution in [0.2, 0.25) is 0 Å². The number of rotatable bonds is 6. The van der Waals surface area contributed by atoms with Crippen molar-refractivity contribution in [3.63, 3.8) is 0 Å². The SMILES string of the molecule is C=C(NOCCO)c1cncc(-c2ccccc2)c1. The molecule has 1 heterocycles. The molecule has 0 spiro atoms. The van der Waals surface area contributed by atoms with Crippen molar-refractivity contribution in [2.24, 2.45) is 0 Å². The van der Waals surface area contributed by atoms with Gasteiger partial charge in [0, 0.05) is 23.5 Å². The van der Waals surface area contributed by atoms with E-state index in [1.54, 1.807) is 12.4 Å². The molecule has 1 aromatic heterocycles. The minimum Gasteiger partial charge on any atom is -0.394 e. The first-order chi connectivity index (χ1) is 9.31. The van der Waals surface area contributed by atoms with Crippen LogP contribution >= 0.6 is 0 Å². The Morgan fingerprint density at radius 1 is 1.21 bits per heavy atom. The number of aromatic nitrogens is 1. The third-order valence-corrected chi connectivity index (χ3v) is 2.58. The van der Waals surface area contributed by atoms with Crippen molar-refractivity contribution in [1.82, 2.24) is 10.5 Å². The Hall–Kier alpha value is -2.17. The number of aliphatic hydroxyl groups excluding tert-OH is 1. The summed E-state index contributed by atoms with van der Waals surface area (Å²) in [5.41, 5.74) is 6.26. The van der Waals surface area contributed by atoms with E-state index < -0.39 is 0 Å². The van der Waals surface area contributed by atoms with E-state index in [4.69, 9.17) is 9.94 Å². The maximum atomic E-state index is 8.64. The predicted molar refractivity (Wildman–Crippen MR) is 74.9 cm³/mol. The van der Waals surface area contributed by atoms with Crippen LogP contribution in [0.1, 0.15) is 5.56 Å². The van der Waals surface area contributed by atoms with Crippen molar-refractivity contribution in [1.29, 1.82) is 0 Å². The molecule has 4 nitrogen and oxygen atoms in total. The van der Waals surface area contributed by atoms with E-state index in [1.165, 1.54) is 0 Å². The van der Waals surface area contributed by atoms with Crippen molar-refractivity contribution in [3.8, 4) is 11.1 Å². The lowest BCUT2D eigenvalue weighted by molar-refractivity contribution is 0.0481. The minimum atomic E-state index is -0.0391. The highest BCUT2D eigenvalue weighted by Crippen LogP contribution is 2.20. The molecule has 0 atom stereocenters. The third-order valence-electron chi connectivity index (χ3n) is 2.58. The second-order valence-corrected chi connectivity index (χ2v) is 3.98. The highest BCUT2D eigenvalue weighted by molar-refractivity contribution is 5.69. The van der Waals surface area contributed by atoms with Crippen LogP contribution in [0.25, 0.3) is 16.8 Å². The normalized spacial score (nSPS) is 10.2. The maximum absolute atomic E-state index is 8.64. The maximum Gasteiger partial charge on any atom is 0.0976 e. The quantitative estimate of drug-likeness (QED) is 0.614. The lowest BCUT2D eigenvalue weighted by Gasteiger charge is -2.10. The van der Waals surface area contributed by atoms with Gasteiger partial charge in [-0.1, -0.05) is 36.9 Å². The highest BCUT2D eigenvalue weighted by Gasteiger charge is 2.03. The van der Waals surface area contributed by atoms with Crippen molar-refractivity contribution in [2.45, 2.75) is 0 Å². The molecule has 2 N–H and O–H groups in total. The zero-order chi connectivity index (χ0) is 13.5. The van der Waals surface area contributed by atoms with Crippen LogP contribution in [0.15, 0.2) is 55.4 Å². The Bertz CT molecular complexity index is 541. The van der Waals surface area contributed by atoms with Crippen LogP contribution in [0.3, 0.4) is 0 Å². The van der Waals surface area contributed by atoms with Crippen molar-refractivity contribution in [2.75, 3.05) is 13.2 Å². The minimum absolute atomic E-state index is 0.0391. The summed E-state index contributed by atoms with van der Waals surface area (Å²) in [4.78, 5) is 9.22. The second-order valence-electron chi connectivity index (χ2n) is 3.98. The summed E-state index contributed by atoms with van der Waals surface area (Å²) in [6, 6.07) is 12.0. The molecule has 0 amide bonds. The standard InChI is InChI=1S/C15H16N2O2/c1-12(17-19-8-7-18)14-9-15(11-16-10-14)13-5-3-2-4-6-13/h2-6,9-11,17-18H,1,7-8H2. The molecule has 1 aromatic carbocycles. The van der Waals surface area contributed by atoms with E-state index in [0.717, 1.165) is 16.7 Å². The molecular formula is C15H16N2O2. The van der Waals surface area contributed by atoms with Gasteiger partial charge in [-0.25, -0.2) is 0 Å². The van der Waals surface area contributed by atoms with Gasteiger partial charge in [0.15, 0.2) is 0 Å². The van der Waals surface area contributed by atoms with Crippen molar-refractivity contribution >= 4 is 5.70 Å². The molecule has 4 heteroatoms. The summed E-state index contributed by atoms with van der Waals surface area (Å²) < 4.78 is 0. The number of pyridine rings is 1. The smallest absolute Gasteiger partial charge is 0.0976 e. The molecule has 2 rings (SSSR count). The summed E-state index contributed by atoms with van der Waals surface area (Å²) in [5.74, 6) is 0. The summed E-state index contributed by atoms with van der Waals surface area (Å²) >= 11 is 0. The van der Waals surface area contributed by atoms with E-state index in [1.807, 2.05) is 36.4 Å². The molecule has 0 aliphatic carbocycles. The zero-order valence-corrected chi connectivity index (χ0v) is 10.5. The first kappa shape index (κ1) is 13.3. The Balaban J connectivity index is 2.13. The van der Waals surface area contributed by atoms with Crippen LogP contribution in [0, 0.1) is 0 Å². The van der Waals surface area contributed by atoms with Gasteiger partial charge < -0.3 is 5.11 Å². The van der Waals surface area contributed by atoms with Crippen LogP contribution in [-0.4, -0.2) is 23.3 Å². The number of hydroxylamine groups is 1. The Morgan fingerprint density at radius 2 is 2.00 bits per heavy atom. The van der Waals surface area contributed by atoms with Gasteiger partial charge in [-0.2, -0.15) is 0 Å². The number of benzene rings is 1. The van der Waals surface area contributed by atoms with E-state index in [2.05, 4.69) is 17.0 Å². The lowest BCUT2D eigenvalue weighted by Crippen LogP contribution is -2.15. The van der Waals surface area contributed by atoms with E-state index >= 15 is 0 Å². The van der Waals surface area contributed by atoms with Gasteiger partial charge in [0.25, 0.3) is 0 Å². The molecule has 0 unspecified atom stereocenters. The third kappa shape index (κ3) is 3.64. The van der Waals surface area contributed by atoms with E-state index in [9.17, 15) is 0 Å². The van der Waals surface area contributed by atoms with E-state index in [-0.39, 0.29) is 13.2 Å². The average molecular weight is 256 g/mol. The van der Waals surface area contributed by atoms with Crippen molar-refractivity contribution < 1.29 is 9.94 Å². The largest absolute Gasteiger partial charge is 0.394 e. The first-order valence-corrected chi connectivity index (χ1v) is 5.99. The summed E-state index contributed by atoms with van der Waals surface area (Å²) in [7, 11) is 0. The Morgan fingerprint density at radius 3 is 2.74 bits per heavy atom. The molecule has 0 bridgehead atoms. The van der Waals surface area contributed by atoms with Gasteiger partial charge in [-0.3, -0.25) is 15.3 Å². The number of nitrogens with one attached hydrogen (secondary N) is 1. The molecule has 0 fully saturated rings. The topological polar surface area (TPSA) is 54.4 Å². The van der Waals surface area contributed by atoms with Gasteiger partial charge in [0.1, 0.15) is 0 Å². The summed E-state index contributed by atoms with van der Waals surface area (Å²) in [5, 5.41) is 8.64. The molecular weight excluding hydrogens is 240 g/mol. The van der Waals surface area contributed by atoms with Crippen molar-refractivity contribution in [3.05, 3.63) is 60.9 Å². The van der Waals surface area contributed by atoms with Gasteiger partial charge in [0.05, 0.1) is 18.9 Å². The molecule has 0 saturated carbocycles. The number of hydrogen-bond acceptors (Lipinski definition) is 4. The fourth-order valence-corrected chi connectivity index (χ4v) is 1.64. The average Bonchev–Trinajstić information content (AvgIpc) is 2.48. The molecule has 0 saturated heterocycles. The highest BCUT2D eigenvalue weighted by atomic mass is 16.6. The van der Waals surface area contributed by atoms with Gasteiger partial charge in [-0.05, 0) is 11.6 Å². The number of nitrogens with zero attached hydrogens (tertiary/aromatic N) is 1. The molecule has 0 aliphatic rings. The fraction of sp³-hybridized carbons (Fsp3) is 0.133. The fourth-order valence-electron chi connectivity index (χ4n) is 1.64. The Labute approximate surface area is 112 Å². The van der Waals surface area contributed by atoms with Gasteiger partial charge >= 0.3 is 0 Å². The second kappa shape index (κ2) is 6.68. The monoisotopic (exact) mass is 256 g/mol. The predicted octanol–water partition coefficient (Wildman–Crippen LogP) is 2.23. The van der Waals surface area contributed by atoms with Crippen LogP contribution in [0.4, 0.5) is 0 Å². The van der Waals surface area contributed by atoms with Crippen LogP contribution < -0.4 is 5.48 Å². The molecule has 2 aromatic rings. The van der Waals surface area contributed by atoms with E-state index in [0.29, 0.717) is 5.70 Å². The zero-order valence-electron chi connectivity index (χ0n) is 10.5. The molecule has 0 radical (unpaired) electrons. The number of aliphatic hydroxyl groups is 1. The summed E-state index contributed by atoms with van der Waals surface area (Å²) in [6.45, 7) is 4.05. The molecule has 0 aliphatic heterocycles. The molecule has 98 valence electrons. The number of hydrogen-bond donors (Lipinski definition) is 2. The summed E-state index contributed by atoms with van der Waals surface area (Å²) in [6.07, 6.45) is 3.52.